The van der Waals surface area contributed by atoms with Crippen molar-refractivity contribution < 1.29 is 5.11 Å². The first-order valence-corrected chi connectivity index (χ1v) is 5.68. The fraction of sp³-hybridized carbons (Fsp3) is 0.200. The van der Waals surface area contributed by atoms with Crippen molar-refractivity contribution in [2.24, 2.45) is 0 Å². The monoisotopic (exact) mass is 227 g/mol. The number of aliphatic hydroxyl groups is 1. The van der Waals surface area contributed by atoms with Crippen molar-refractivity contribution in [1.82, 2.24) is 0 Å². The number of hydrogen-bond donors (Lipinski definition) is 1. The SMILES string of the molecule is CN(C)c1cccc(-c2ccc(CO)cc2)c1. The van der Waals surface area contributed by atoms with Gasteiger partial charge in [0.15, 0.2) is 0 Å². The maximum atomic E-state index is 9.01. The van der Waals surface area contributed by atoms with Gasteiger partial charge in [0, 0.05) is 19.8 Å². The fourth-order valence-corrected chi connectivity index (χ4v) is 1.77. The van der Waals surface area contributed by atoms with E-state index in [9.17, 15) is 0 Å². The Labute approximate surface area is 102 Å². The van der Waals surface area contributed by atoms with Crippen LogP contribution in [0.25, 0.3) is 11.1 Å². The van der Waals surface area contributed by atoms with E-state index in [-0.39, 0.29) is 6.61 Å². The second kappa shape index (κ2) is 5.02. The Bertz CT molecular complexity index is 489. The van der Waals surface area contributed by atoms with Gasteiger partial charge in [-0.25, -0.2) is 0 Å². The van der Waals surface area contributed by atoms with Crippen LogP contribution in [0.4, 0.5) is 5.69 Å². The molecule has 2 nitrogen and oxygen atoms in total. The van der Waals surface area contributed by atoms with Crippen LogP contribution in [0.1, 0.15) is 5.56 Å². The molecule has 0 bridgehead atoms. The molecule has 0 aliphatic heterocycles. The average molecular weight is 227 g/mol. The van der Waals surface area contributed by atoms with Gasteiger partial charge in [-0.1, -0.05) is 36.4 Å². The summed E-state index contributed by atoms with van der Waals surface area (Å²) < 4.78 is 0. The number of nitrogens with zero attached hydrogens (tertiary/aromatic N) is 1. The molecular formula is C15H17NO. The summed E-state index contributed by atoms with van der Waals surface area (Å²) in [6, 6.07) is 16.4. The van der Waals surface area contributed by atoms with Gasteiger partial charge in [0.2, 0.25) is 0 Å². The molecule has 17 heavy (non-hydrogen) atoms. The standard InChI is InChI=1S/C15H17NO/c1-16(2)15-5-3-4-14(10-15)13-8-6-12(11-17)7-9-13/h3-10,17H,11H2,1-2H3. The van der Waals surface area contributed by atoms with E-state index >= 15 is 0 Å². The smallest absolute Gasteiger partial charge is 0.0681 e. The van der Waals surface area contributed by atoms with Crippen LogP contribution in [0, 0.1) is 0 Å². The van der Waals surface area contributed by atoms with Gasteiger partial charge in [-0.3, -0.25) is 0 Å². The van der Waals surface area contributed by atoms with Crippen molar-refractivity contribution in [1.29, 1.82) is 0 Å². The van der Waals surface area contributed by atoms with Crippen LogP contribution in [0.15, 0.2) is 48.5 Å². The Kier molecular flexibility index (Phi) is 3.45. The van der Waals surface area contributed by atoms with Gasteiger partial charge in [0.05, 0.1) is 6.61 Å². The van der Waals surface area contributed by atoms with Gasteiger partial charge < -0.3 is 10.0 Å². The van der Waals surface area contributed by atoms with Crippen molar-refractivity contribution in [3.63, 3.8) is 0 Å². The highest BCUT2D eigenvalue weighted by Crippen LogP contribution is 2.24. The lowest BCUT2D eigenvalue weighted by Crippen LogP contribution is -2.08. The predicted molar refractivity (Wildman–Crippen MR) is 72.1 cm³/mol. The zero-order valence-electron chi connectivity index (χ0n) is 10.2. The minimum atomic E-state index is 0.0953. The molecule has 0 saturated carbocycles. The molecular weight excluding hydrogens is 210 g/mol. The highest BCUT2D eigenvalue weighted by molar-refractivity contribution is 5.68. The van der Waals surface area contributed by atoms with Crippen LogP contribution in [0.5, 0.6) is 0 Å². The Hall–Kier alpha value is -1.80. The van der Waals surface area contributed by atoms with Crippen LogP contribution in [0.2, 0.25) is 0 Å². The van der Waals surface area contributed by atoms with Crippen LogP contribution in [-0.2, 0) is 6.61 Å². The molecule has 2 aromatic rings. The highest BCUT2D eigenvalue weighted by Gasteiger charge is 2.00. The molecule has 0 saturated heterocycles. The van der Waals surface area contributed by atoms with Crippen molar-refractivity contribution in [2.75, 3.05) is 19.0 Å². The third kappa shape index (κ3) is 2.66. The lowest BCUT2D eigenvalue weighted by atomic mass is 10.0. The largest absolute Gasteiger partial charge is 0.392 e. The van der Waals surface area contributed by atoms with Crippen LogP contribution in [-0.4, -0.2) is 19.2 Å². The van der Waals surface area contributed by atoms with Crippen LogP contribution in [0.3, 0.4) is 0 Å². The molecule has 2 aromatic carbocycles. The van der Waals surface area contributed by atoms with E-state index in [0.717, 1.165) is 5.56 Å². The minimum absolute atomic E-state index is 0.0953. The van der Waals surface area contributed by atoms with Gasteiger partial charge >= 0.3 is 0 Å². The average Bonchev–Trinajstić information content (AvgIpc) is 2.39. The predicted octanol–water partition coefficient (Wildman–Crippen LogP) is 2.91. The van der Waals surface area contributed by atoms with Crippen molar-refractivity contribution in [3.8, 4) is 11.1 Å². The second-order valence-corrected chi connectivity index (χ2v) is 4.30. The molecule has 1 N–H and O–H groups in total. The summed E-state index contributed by atoms with van der Waals surface area (Å²) >= 11 is 0. The lowest BCUT2D eigenvalue weighted by Gasteiger charge is -2.13. The summed E-state index contributed by atoms with van der Waals surface area (Å²) in [6.07, 6.45) is 0. The second-order valence-electron chi connectivity index (χ2n) is 4.30. The van der Waals surface area contributed by atoms with E-state index in [1.807, 2.05) is 38.4 Å². The maximum absolute atomic E-state index is 9.01. The number of benzene rings is 2. The van der Waals surface area contributed by atoms with E-state index in [0.29, 0.717) is 0 Å². The molecule has 0 unspecified atom stereocenters. The minimum Gasteiger partial charge on any atom is -0.392 e. The quantitative estimate of drug-likeness (QED) is 0.871. The van der Waals surface area contributed by atoms with Crippen LogP contribution >= 0.6 is 0 Å². The fourth-order valence-electron chi connectivity index (χ4n) is 1.77. The Morgan fingerprint density at radius 3 is 2.24 bits per heavy atom. The Balaban J connectivity index is 2.35. The zero-order chi connectivity index (χ0) is 12.3. The normalized spacial score (nSPS) is 10.3. The molecule has 0 amide bonds. The molecule has 0 heterocycles. The molecule has 0 aromatic heterocycles. The molecule has 88 valence electrons. The van der Waals surface area contributed by atoms with Crippen molar-refractivity contribution >= 4 is 5.69 Å². The third-order valence-corrected chi connectivity index (χ3v) is 2.83. The molecule has 0 fully saturated rings. The van der Waals surface area contributed by atoms with Crippen molar-refractivity contribution in [2.45, 2.75) is 6.61 Å². The lowest BCUT2D eigenvalue weighted by molar-refractivity contribution is 0.282. The Morgan fingerprint density at radius 1 is 0.941 bits per heavy atom. The highest BCUT2D eigenvalue weighted by atomic mass is 16.3. The van der Waals surface area contributed by atoms with E-state index in [1.165, 1.54) is 16.8 Å². The topological polar surface area (TPSA) is 23.5 Å². The summed E-state index contributed by atoms with van der Waals surface area (Å²) in [6.45, 7) is 0.0953. The number of rotatable bonds is 3. The zero-order valence-corrected chi connectivity index (χ0v) is 10.2. The first-order chi connectivity index (χ1) is 8.20. The summed E-state index contributed by atoms with van der Waals surface area (Å²) in [5, 5.41) is 9.01. The van der Waals surface area contributed by atoms with Gasteiger partial charge in [-0.15, -0.1) is 0 Å². The molecule has 0 aliphatic carbocycles. The van der Waals surface area contributed by atoms with E-state index in [4.69, 9.17) is 5.11 Å². The number of anilines is 1. The molecule has 2 heteroatoms. The molecule has 2 rings (SSSR count). The van der Waals surface area contributed by atoms with E-state index < -0.39 is 0 Å². The molecule has 0 aliphatic rings. The number of hydrogen-bond acceptors (Lipinski definition) is 2. The van der Waals surface area contributed by atoms with E-state index in [2.05, 4.69) is 29.2 Å². The third-order valence-electron chi connectivity index (χ3n) is 2.83. The maximum Gasteiger partial charge on any atom is 0.0681 e. The summed E-state index contributed by atoms with van der Waals surface area (Å²) in [7, 11) is 4.07. The molecule has 0 radical (unpaired) electrons. The van der Waals surface area contributed by atoms with Crippen molar-refractivity contribution in [3.05, 3.63) is 54.1 Å². The summed E-state index contributed by atoms with van der Waals surface area (Å²) in [5.74, 6) is 0. The van der Waals surface area contributed by atoms with Crippen LogP contribution < -0.4 is 4.90 Å². The first kappa shape index (κ1) is 11.7. The molecule has 0 spiro atoms. The van der Waals surface area contributed by atoms with E-state index in [1.54, 1.807) is 0 Å². The van der Waals surface area contributed by atoms with Gasteiger partial charge in [-0.05, 0) is 28.8 Å². The number of aliphatic hydroxyl groups excluding tert-OH is 1. The Morgan fingerprint density at radius 2 is 1.65 bits per heavy atom. The first-order valence-electron chi connectivity index (χ1n) is 5.68. The van der Waals surface area contributed by atoms with Gasteiger partial charge in [0.1, 0.15) is 0 Å². The molecule has 0 atom stereocenters. The summed E-state index contributed by atoms with van der Waals surface area (Å²) in [4.78, 5) is 2.09. The van der Waals surface area contributed by atoms with Gasteiger partial charge in [0.25, 0.3) is 0 Å². The summed E-state index contributed by atoms with van der Waals surface area (Å²) in [5.41, 5.74) is 4.50. The van der Waals surface area contributed by atoms with Gasteiger partial charge in [-0.2, -0.15) is 0 Å².